The van der Waals surface area contributed by atoms with Gasteiger partial charge < -0.3 is 16.2 Å². The van der Waals surface area contributed by atoms with Crippen LogP contribution in [0, 0.1) is 5.82 Å². The van der Waals surface area contributed by atoms with Crippen LogP contribution in [0.4, 0.5) is 15.8 Å². The molecule has 0 amide bonds. The zero-order valence-electron chi connectivity index (χ0n) is 10.6. The fourth-order valence-electron chi connectivity index (χ4n) is 2.14. The molecule has 0 unspecified atom stereocenters. The lowest BCUT2D eigenvalue weighted by Gasteiger charge is -2.24. The second-order valence-corrected chi connectivity index (χ2v) is 7.10. The van der Waals surface area contributed by atoms with Crippen LogP contribution in [0.3, 0.4) is 0 Å². The van der Waals surface area contributed by atoms with E-state index in [0.717, 1.165) is 12.1 Å². The predicted octanol–water partition coefficient (Wildman–Crippen LogP) is 1.10. The number of carbonyl (C=O) groups is 1. The lowest BCUT2D eigenvalue weighted by Crippen LogP contribution is -2.32. The monoisotopic (exact) mass is 302 g/mol. The van der Waals surface area contributed by atoms with Crippen LogP contribution in [0.25, 0.3) is 0 Å². The standard InChI is InChI=1S/C12H15FN2O4S/c13-9-6-10(14)8(12(16)17)5-11(9)15-7-1-3-20(18,19)4-2-7/h5-7,15H,1-4,14H2,(H,16,17). The van der Waals surface area contributed by atoms with Gasteiger partial charge in [-0.1, -0.05) is 0 Å². The molecule has 1 aromatic carbocycles. The van der Waals surface area contributed by atoms with Gasteiger partial charge in [0.15, 0.2) is 0 Å². The highest BCUT2D eigenvalue weighted by atomic mass is 32.2. The van der Waals surface area contributed by atoms with Gasteiger partial charge in [-0.2, -0.15) is 0 Å². The Morgan fingerprint density at radius 2 is 1.95 bits per heavy atom. The Labute approximate surface area is 115 Å². The molecular formula is C12H15FN2O4S. The first-order valence-electron chi connectivity index (χ1n) is 6.08. The van der Waals surface area contributed by atoms with Crippen LogP contribution in [-0.4, -0.2) is 37.0 Å². The first kappa shape index (κ1) is 14.6. The molecule has 0 bridgehead atoms. The van der Waals surface area contributed by atoms with E-state index >= 15 is 0 Å². The normalized spacial score (nSPS) is 18.6. The van der Waals surface area contributed by atoms with E-state index in [1.807, 2.05) is 0 Å². The van der Waals surface area contributed by atoms with Gasteiger partial charge in [0, 0.05) is 11.7 Å². The van der Waals surface area contributed by atoms with Crippen LogP contribution in [0.5, 0.6) is 0 Å². The highest BCUT2D eigenvalue weighted by Crippen LogP contribution is 2.25. The van der Waals surface area contributed by atoms with Crippen molar-refractivity contribution in [2.45, 2.75) is 18.9 Å². The quantitative estimate of drug-likeness (QED) is 0.721. The van der Waals surface area contributed by atoms with E-state index in [9.17, 15) is 17.6 Å². The molecular weight excluding hydrogens is 287 g/mol. The Morgan fingerprint density at radius 3 is 2.50 bits per heavy atom. The van der Waals surface area contributed by atoms with Crippen LogP contribution in [0.15, 0.2) is 12.1 Å². The Balaban J connectivity index is 2.18. The van der Waals surface area contributed by atoms with E-state index in [1.165, 1.54) is 0 Å². The molecule has 1 aromatic rings. The summed E-state index contributed by atoms with van der Waals surface area (Å²) in [6, 6.07) is 1.89. The second-order valence-electron chi connectivity index (χ2n) is 4.79. The number of aromatic carboxylic acids is 1. The Hall–Kier alpha value is -1.83. The predicted molar refractivity (Wildman–Crippen MR) is 73.1 cm³/mol. The largest absolute Gasteiger partial charge is 0.478 e. The minimum atomic E-state index is -2.99. The van der Waals surface area contributed by atoms with Crippen molar-refractivity contribution >= 4 is 27.2 Å². The summed E-state index contributed by atoms with van der Waals surface area (Å²) in [5.74, 6) is -1.79. The maximum Gasteiger partial charge on any atom is 0.337 e. The summed E-state index contributed by atoms with van der Waals surface area (Å²) in [4.78, 5) is 11.0. The second kappa shape index (κ2) is 5.28. The minimum Gasteiger partial charge on any atom is -0.478 e. The van der Waals surface area contributed by atoms with Crippen LogP contribution in [-0.2, 0) is 9.84 Å². The molecule has 1 aliphatic heterocycles. The van der Waals surface area contributed by atoms with Crippen molar-refractivity contribution in [1.82, 2.24) is 0 Å². The molecule has 8 heteroatoms. The van der Waals surface area contributed by atoms with Crippen molar-refractivity contribution in [3.05, 3.63) is 23.5 Å². The number of hydrogen-bond donors (Lipinski definition) is 3. The molecule has 6 nitrogen and oxygen atoms in total. The number of carboxylic acids is 1. The van der Waals surface area contributed by atoms with E-state index in [2.05, 4.69) is 5.32 Å². The molecule has 0 atom stereocenters. The molecule has 4 N–H and O–H groups in total. The number of carboxylic acid groups (broad SMARTS) is 1. The van der Waals surface area contributed by atoms with Crippen LogP contribution >= 0.6 is 0 Å². The summed E-state index contributed by atoms with van der Waals surface area (Å²) in [5, 5.41) is 11.8. The summed E-state index contributed by atoms with van der Waals surface area (Å²) in [7, 11) is -2.99. The van der Waals surface area contributed by atoms with E-state index in [1.54, 1.807) is 0 Å². The summed E-state index contributed by atoms with van der Waals surface area (Å²) < 4.78 is 36.4. The SMILES string of the molecule is Nc1cc(F)c(NC2CCS(=O)(=O)CC2)cc1C(=O)O. The molecule has 0 radical (unpaired) electrons. The van der Waals surface area contributed by atoms with E-state index < -0.39 is 21.6 Å². The Kier molecular flexibility index (Phi) is 3.85. The van der Waals surface area contributed by atoms with Gasteiger partial charge >= 0.3 is 5.97 Å². The van der Waals surface area contributed by atoms with Crippen molar-refractivity contribution in [1.29, 1.82) is 0 Å². The highest BCUT2D eigenvalue weighted by molar-refractivity contribution is 7.91. The first-order valence-corrected chi connectivity index (χ1v) is 7.90. The van der Waals surface area contributed by atoms with Crippen LogP contribution in [0.2, 0.25) is 0 Å². The van der Waals surface area contributed by atoms with Crippen molar-refractivity contribution in [2.75, 3.05) is 22.6 Å². The number of benzene rings is 1. The zero-order valence-corrected chi connectivity index (χ0v) is 11.4. The molecule has 1 saturated heterocycles. The van der Waals surface area contributed by atoms with E-state index in [-0.39, 0.29) is 34.5 Å². The topological polar surface area (TPSA) is 109 Å². The van der Waals surface area contributed by atoms with Crippen molar-refractivity contribution < 1.29 is 22.7 Å². The first-order chi connectivity index (χ1) is 9.28. The minimum absolute atomic E-state index is 0.0286. The summed E-state index contributed by atoms with van der Waals surface area (Å²) in [6.07, 6.45) is 0.739. The number of nitrogens with two attached hydrogens (primary N) is 1. The average molecular weight is 302 g/mol. The maximum absolute atomic E-state index is 13.7. The Morgan fingerprint density at radius 1 is 1.35 bits per heavy atom. The number of nitrogen functional groups attached to an aromatic ring is 1. The van der Waals surface area contributed by atoms with Gasteiger partial charge in [-0.25, -0.2) is 17.6 Å². The molecule has 0 aliphatic carbocycles. The summed E-state index contributed by atoms with van der Waals surface area (Å²) in [6.45, 7) is 0. The summed E-state index contributed by atoms with van der Waals surface area (Å²) in [5.41, 5.74) is 5.13. The molecule has 1 aliphatic rings. The van der Waals surface area contributed by atoms with Gasteiger partial charge in [-0.3, -0.25) is 0 Å². The maximum atomic E-state index is 13.7. The van der Waals surface area contributed by atoms with Gasteiger partial charge in [0.2, 0.25) is 0 Å². The third-order valence-corrected chi connectivity index (χ3v) is 5.00. The molecule has 2 rings (SSSR count). The molecule has 20 heavy (non-hydrogen) atoms. The number of sulfone groups is 1. The molecule has 1 fully saturated rings. The van der Waals surface area contributed by atoms with Gasteiger partial charge in [0.05, 0.1) is 22.8 Å². The van der Waals surface area contributed by atoms with Gasteiger partial charge in [0.25, 0.3) is 0 Å². The lowest BCUT2D eigenvalue weighted by atomic mass is 10.1. The van der Waals surface area contributed by atoms with Crippen LogP contribution < -0.4 is 11.1 Å². The van der Waals surface area contributed by atoms with Crippen molar-refractivity contribution in [2.24, 2.45) is 0 Å². The van der Waals surface area contributed by atoms with Crippen molar-refractivity contribution in [3.63, 3.8) is 0 Å². The number of anilines is 2. The third kappa shape index (κ3) is 3.19. The third-order valence-electron chi connectivity index (χ3n) is 3.28. The highest BCUT2D eigenvalue weighted by Gasteiger charge is 2.24. The number of nitrogens with one attached hydrogen (secondary N) is 1. The fourth-order valence-corrected chi connectivity index (χ4v) is 3.63. The van der Waals surface area contributed by atoms with Gasteiger partial charge in [0.1, 0.15) is 15.7 Å². The van der Waals surface area contributed by atoms with Crippen LogP contribution in [0.1, 0.15) is 23.2 Å². The number of halogens is 1. The summed E-state index contributed by atoms with van der Waals surface area (Å²) >= 11 is 0. The molecule has 0 aromatic heterocycles. The molecule has 110 valence electrons. The Bertz CT molecular complexity index is 631. The molecule has 0 saturated carbocycles. The van der Waals surface area contributed by atoms with E-state index in [4.69, 9.17) is 10.8 Å². The smallest absolute Gasteiger partial charge is 0.337 e. The fraction of sp³-hybridized carbons (Fsp3) is 0.417. The van der Waals surface area contributed by atoms with Gasteiger partial charge in [-0.05, 0) is 25.0 Å². The lowest BCUT2D eigenvalue weighted by molar-refractivity contribution is 0.0698. The molecule has 1 heterocycles. The van der Waals surface area contributed by atoms with E-state index in [0.29, 0.717) is 12.8 Å². The van der Waals surface area contributed by atoms with Gasteiger partial charge in [-0.15, -0.1) is 0 Å². The number of rotatable bonds is 3. The molecule has 0 spiro atoms. The van der Waals surface area contributed by atoms with Crippen molar-refractivity contribution in [3.8, 4) is 0 Å². The zero-order chi connectivity index (χ0) is 14.9. The number of hydrogen-bond acceptors (Lipinski definition) is 5. The average Bonchev–Trinajstić information content (AvgIpc) is 2.34.